The molecule has 2 N–H and O–H groups in total. The molecule has 7 heteroatoms. The predicted octanol–water partition coefficient (Wildman–Crippen LogP) is 1.27. The number of aryl methyl sites for hydroxylation is 1. The van der Waals surface area contributed by atoms with E-state index >= 15 is 0 Å². The van der Waals surface area contributed by atoms with E-state index in [4.69, 9.17) is 0 Å². The van der Waals surface area contributed by atoms with Gasteiger partial charge in [-0.15, -0.1) is 11.8 Å². The molecule has 2 aromatic rings. The Kier molecular flexibility index (Phi) is 4.06. The van der Waals surface area contributed by atoms with Gasteiger partial charge in [-0.25, -0.2) is 4.98 Å². The number of hydrogen-bond donors (Lipinski definition) is 2. The maximum absolute atomic E-state index is 12.2. The maximum Gasteiger partial charge on any atom is 0.243 e. The lowest BCUT2D eigenvalue weighted by Gasteiger charge is -2.32. The van der Waals surface area contributed by atoms with Crippen molar-refractivity contribution in [2.45, 2.75) is 38.1 Å². The molecule has 1 saturated heterocycles. The Morgan fingerprint density at radius 1 is 1.48 bits per heavy atom. The predicted molar refractivity (Wildman–Crippen MR) is 90.2 cm³/mol. The summed E-state index contributed by atoms with van der Waals surface area (Å²) in [6.45, 7) is 6.09. The molecule has 0 radical (unpaired) electrons. The summed E-state index contributed by atoms with van der Waals surface area (Å²) in [4.78, 5) is 28.6. The summed E-state index contributed by atoms with van der Waals surface area (Å²) in [5.74, 6) is 0.307. The highest BCUT2D eigenvalue weighted by Gasteiger charge is 2.37. The molecule has 3 heterocycles. The van der Waals surface area contributed by atoms with Gasteiger partial charge in [0, 0.05) is 18.1 Å². The van der Waals surface area contributed by atoms with Crippen molar-refractivity contribution >= 4 is 29.2 Å². The number of nitrogens with one attached hydrogen (secondary N) is 2. The van der Waals surface area contributed by atoms with E-state index in [9.17, 15) is 9.59 Å². The van der Waals surface area contributed by atoms with Crippen molar-refractivity contribution in [3.8, 4) is 0 Å². The molecule has 2 amide bonds. The van der Waals surface area contributed by atoms with Crippen LogP contribution in [0.25, 0.3) is 5.65 Å². The number of hydrogen-bond acceptors (Lipinski definition) is 4. The molecule has 0 bridgehead atoms. The highest BCUT2D eigenvalue weighted by Crippen LogP contribution is 2.28. The van der Waals surface area contributed by atoms with Crippen LogP contribution in [0.5, 0.6) is 0 Å². The number of carbonyl (C=O) groups is 2. The molecule has 122 valence electrons. The zero-order valence-electron chi connectivity index (χ0n) is 13.4. The van der Waals surface area contributed by atoms with Crippen molar-refractivity contribution < 1.29 is 9.59 Å². The number of nitrogens with zero attached hydrogens (tertiary/aromatic N) is 2. The Morgan fingerprint density at radius 2 is 2.26 bits per heavy atom. The number of fused-ring (bicyclic) bond motifs is 1. The lowest BCUT2D eigenvalue weighted by atomic mass is 10.1. The average Bonchev–Trinajstić information content (AvgIpc) is 2.89. The molecule has 0 aromatic carbocycles. The van der Waals surface area contributed by atoms with Gasteiger partial charge >= 0.3 is 0 Å². The quantitative estimate of drug-likeness (QED) is 0.887. The van der Waals surface area contributed by atoms with Gasteiger partial charge in [0.05, 0.1) is 17.0 Å². The van der Waals surface area contributed by atoms with E-state index in [0.717, 1.165) is 16.9 Å². The lowest BCUT2D eigenvalue weighted by molar-refractivity contribution is -0.129. The first-order valence-electron chi connectivity index (χ1n) is 7.52. The Morgan fingerprint density at radius 3 is 3.00 bits per heavy atom. The summed E-state index contributed by atoms with van der Waals surface area (Å²) < 4.78 is 1.47. The van der Waals surface area contributed by atoms with E-state index in [2.05, 4.69) is 15.6 Å². The number of aromatic nitrogens is 2. The average molecular weight is 332 g/mol. The topological polar surface area (TPSA) is 75.5 Å². The van der Waals surface area contributed by atoms with Crippen LogP contribution < -0.4 is 10.6 Å². The molecule has 3 rings (SSSR count). The maximum atomic E-state index is 12.2. The first-order chi connectivity index (χ1) is 10.8. The van der Waals surface area contributed by atoms with Gasteiger partial charge in [-0.3, -0.25) is 9.59 Å². The largest absolute Gasteiger partial charge is 0.349 e. The molecule has 0 unspecified atom stereocenters. The van der Waals surface area contributed by atoms with Gasteiger partial charge in [0.1, 0.15) is 11.7 Å². The van der Waals surface area contributed by atoms with E-state index in [1.807, 2.05) is 49.7 Å². The van der Waals surface area contributed by atoms with Gasteiger partial charge in [-0.1, -0.05) is 6.07 Å². The summed E-state index contributed by atoms with van der Waals surface area (Å²) in [5, 5.41) is 5.63. The van der Waals surface area contributed by atoms with Crippen LogP contribution >= 0.6 is 11.8 Å². The zero-order valence-corrected chi connectivity index (χ0v) is 14.2. The monoisotopic (exact) mass is 332 g/mol. The van der Waals surface area contributed by atoms with Crippen LogP contribution in [0.3, 0.4) is 0 Å². The van der Waals surface area contributed by atoms with Crippen molar-refractivity contribution in [2.24, 2.45) is 0 Å². The van der Waals surface area contributed by atoms with Crippen LogP contribution in [0.2, 0.25) is 0 Å². The van der Waals surface area contributed by atoms with E-state index in [-0.39, 0.29) is 11.8 Å². The van der Waals surface area contributed by atoms with Crippen molar-refractivity contribution in [2.75, 3.05) is 5.75 Å². The second-order valence-corrected chi connectivity index (χ2v) is 7.91. The number of pyridine rings is 1. The molecule has 1 aliphatic heterocycles. The van der Waals surface area contributed by atoms with Gasteiger partial charge in [-0.2, -0.15) is 0 Å². The van der Waals surface area contributed by atoms with Crippen molar-refractivity contribution in [3.05, 3.63) is 35.8 Å². The van der Waals surface area contributed by atoms with Crippen LogP contribution in [0.4, 0.5) is 0 Å². The standard InChI is InChI=1S/C16H20N4O2S/c1-10-4-5-13-18-11(8-20(13)7-10)6-17-14(21)12-9-23-16(2,3)15(22)19-12/h4-5,7-8,12H,6,9H2,1-3H3,(H,17,21)(H,19,22)/t12-/m1/s1. The summed E-state index contributed by atoms with van der Waals surface area (Å²) in [6, 6.07) is 3.46. The molecular formula is C16H20N4O2S. The van der Waals surface area contributed by atoms with Crippen LogP contribution in [-0.4, -0.2) is 37.7 Å². The summed E-state index contributed by atoms with van der Waals surface area (Å²) >= 11 is 1.50. The molecule has 0 saturated carbocycles. The fourth-order valence-electron chi connectivity index (χ4n) is 2.41. The zero-order chi connectivity index (χ0) is 16.6. The van der Waals surface area contributed by atoms with Gasteiger partial charge in [0.2, 0.25) is 11.8 Å². The van der Waals surface area contributed by atoms with Crippen molar-refractivity contribution in [1.29, 1.82) is 0 Å². The number of carbonyl (C=O) groups excluding carboxylic acids is 2. The van der Waals surface area contributed by atoms with Gasteiger partial charge < -0.3 is 15.0 Å². The van der Waals surface area contributed by atoms with Crippen LogP contribution in [0.1, 0.15) is 25.1 Å². The Hall–Kier alpha value is -2.02. The molecular weight excluding hydrogens is 312 g/mol. The minimum absolute atomic E-state index is 0.0999. The molecule has 0 spiro atoms. The van der Waals surface area contributed by atoms with Crippen molar-refractivity contribution in [3.63, 3.8) is 0 Å². The lowest BCUT2D eigenvalue weighted by Crippen LogP contribution is -2.57. The Bertz CT molecular complexity index is 769. The highest BCUT2D eigenvalue weighted by molar-refractivity contribution is 8.01. The van der Waals surface area contributed by atoms with Gasteiger partial charge in [0.15, 0.2) is 0 Å². The minimum Gasteiger partial charge on any atom is -0.349 e. The summed E-state index contributed by atoms with van der Waals surface area (Å²) in [7, 11) is 0. The van der Waals surface area contributed by atoms with E-state index in [1.165, 1.54) is 11.8 Å². The third-order valence-corrected chi connectivity index (χ3v) is 5.28. The second kappa shape index (κ2) is 5.88. The normalized spacial score (nSPS) is 20.3. The molecule has 1 fully saturated rings. The first-order valence-corrected chi connectivity index (χ1v) is 8.50. The third kappa shape index (κ3) is 3.34. The van der Waals surface area contributed by atoms with E-state index in [1.54, 1.807) is 0 Å². The highest BCUT2D eigenvalue weighted by atomic mass is 32.2. The van der Waals surface area contributed by atoms with Crippen LogP contribution in [0.15, 0.2) is 24.5 Å². The van der Waals surface area contributed by atoms with E-state index < -0.39 is 10.8 Å². The van der Waals surface area contributed by atoms with Crippen LogP contribution in [0, 0.1) is 6.92 Å². The van der Waals surface area contributed by atoms with Gasteiger partial charge in [0.25, 0.3) is 0 Å². The molecule has 1 atom stereocenters. The first kappa shape index (κ1) is 15.9. The smallest absolute Gasteiger partial charge is 0.243 e. The minimum atomic E-state index is -0.486. The number of rotatable bonds is 3. The molecule has 6 nitrogen and oxygen atoms in total. The fraction of sp³-hybridized carbons (Fsp3) is 0.438. The third-order valence-electron chi connectivity index (χ3n) is 3.87. The SMILES string of the molecule is Cc1ccc2nc(CNC(=O)[C@H]3CSC(C)(C)C(=O)N3)cn2c1. The molecule has 0 aliphatic carbocycles. The van der Waals surface area contributed by atoms with Crippen LogP contribution in [-0.2, 0) is 16.1 Å². The fourth-order valence-corrected chi connectivity index (χ4v) is 3.42. The van der Waals surface area contributed by atoms with E-state index in [0.29, 0.717) is 12.3 Å². The number of thioether (sulfide) groups is 1. The number of amides is 2. The number of imidazole rings is 1. The van der Waals surface area contributed by atoms with Gasteiger partial charge in [-0.05, 0) is 32.4 Å². The summed E-state index contributed by atoms with van der Waals surface area (Å²) in [5.41, 5.74) is 2.79. The van der Waals surface area contributed by atoms with Crippen molar-refractivity contribution in [1.82, 2.24) is 20.0 Å². The molecule has 23 heavy (non-hydrogen) atoms. The Labute approximate surface area is 139 Å². The molecule has 1 aliphatic rings. The summed E-state index contributed by atoms with van der Waals surface area (Å²) in [6.07, 6.45) is 3.90. The molecule has 2 aromatic heterocycles. The second-order valence-electron chi connectivity index (χ2n) is 6.27. The Balaban J connectivity index is 1.61.